The molecule has 0 fully saturated rings. The number of fused-ring (bicyclic) bond motifs is 4. The quantitative estimate of drug-likeness (QED) is 0.690. The second-order valence-corrected chi connectivity index (χ2v) is 7.80. The summed E-state index contributed by atoms with van der Waals surface area (Å²) in [4.78, 5) is 26.2. The van der Waals surface area contributed by atoms with Gasteiger partial charge in [0.1, 0.15) is 12.6 Å². The third-order valence-electron chi connectivity index (χ3n) is 6.17. The van der Waals surface area contributed by atoms with Gasteiger partial charge in [-0.25, -0.2) is 9.59 Å². The molecule has 3 aromatic carbocycles. The van der Waals surface area contributed by atoms with Crippen molar-refractivity contribution in [1.29, 1.82) is 0 Å². The van der Waals surface area contributed by atoms with Crippen LogP contribution in [-0.2, 0) is 16.0 Å². The van der Waals surface area contributed by atoms with Crippen molar-refractivity contribution in [1.82, 2.24) is 0 Å². The lowest BCUT2D eigenvalue weighted by Gasteiger charge is -2.23. The minimum absolute atomic E-state index is 0.0655. The van der Waals surface area contributed by atoms with Crippen molar-refractivity contribution in [3.63, 3.8) is 0 Å². The van der Waals surface area contributed by atoms with Gasteiger partial charge in [-0.3, -0.25) is 4.90 Å². The second-order valence-electron chi connectivity index (χ2n) is 7.80. The molecule has 1 aliphatic carbocycles. The van der Waals surface area contributed by atoms with Crippen molar-refractivity contribution in [2.45, 2.75) is 25.3 Å². The highest BCUT2D eigenvalue weighted by Crippen LogP contribution is 2.44. The maximum absolute atomic E-state index is 13.1. The van der Waals surface area contributed by atoms with Crippen molar-refractivity contribution >= 4 is 17.7 Å². The van der Waals surface area contributed by atoms with Crippen LogP contribution < -0.4 is 4.90 Å². The predicted octanol–water partition coefficient (Wildman–Crippen LogP) is 4.76. The molecule has 0 aromatic heterocycles. The van der Waals surface area contributed by atoms with Gasteiger partial charge < -0.3 is 9.84 Å². The van der Waals surface area contributed by atoms with E-state index in [-0.39, 0.29) is 12.5 Å². The summed E-state index contributed by atoms with van der Waals surface area (Å²) >= 11 is 0. The van der Waals surface area contributed by atoms with E-state index >= 15 is 0 Å². The topological polar surface area (TPSA) is 66.8 Å². The molecule has 1 aliphatic heterocycles. The summed E-state index contributed by atoms with van der Waals surface area (Å²) in [6, 6.07) is 20.9. The van der Waals surface area contributed by atoms with E-state index in [1.54, 1.807) is 6.07 Å². The van der Waals surface area contributed by atoms with E-state index in [2.05, 4.69) is 24.3 Å². The number of ether oxygens (including phenoxy) is 1. The fourth-order valence-electron chi connectivity index (χ4n) is 4.72. The molecular formula is C25H21NO4. The van der Waals surface area contributed by atoms with Gasteiger partial charge in [-0.2, -0.15) is 0 Å². The molecule has 3 aromatic rings. The van der Waals surface area contributed by atoms with E-state index in [4.69, 9.17) is 4.74 Å². The number of nitrogens with zero attached hydrogens (tertiary/aromatic N) is 1. The number of hydrogen-bond donors (Lipinski definition) is 1. The smallest absolute Gasteiger partial charge is 0.415 e. The fourth-order valence-corrected chi connectivity index (χ4v) is 4.72. The minimum atomic E-state index is -1.03. The van der Waals surface area contributed by atoms with E-state index in [0.29, 0.717) is 12.1 Å². The first-order valence-corrected chi connectivity index (χ1v) is 10.0. The number of rotatable bonds is 3. The third kappa shape index (κ3) is 2.77. The van der Waals surface area contributed by atoms with Crippen LogP contribution in [-0.4, -0.2) is 29.8 Å². The molecule has 2 aliphatic rings. The summed E-state index contributed by atoms with van der Waals surface area (Å²) in [5.74, 6) is -1.09. The SMILES string of the molecule is Cc1cccc2c1CC(C(=O)O)N2C(=O)OCC1c2ccccc2-c2ccccc21. The van der Waals surface area contributed by atoms with Crippen molar-refractivity contribution in [3.8, 4) is 11.1 Å². The minimum Gasteiger partial charge on any atom is -0.480 e. The Morgan fingerprint density at radius 1 is 0.967 bits per heavy atom. The zero-order valence-corrected chi connectivity index (χ0v) is 16.5. The van der Waals surface area contributed by atoms with Crippen LogP contribution in [0.1, 0.15) is 28.2 Å². The van der Waals surface area contributed by atoms with Crippen LogP contribution in [0, 0.1) is 6.92 Å². The molecule has 5 heteroatoms. The van der Waals surface area contributed by atoms with Gasteiger partial charge in [-0.1, -0.05) is 60.7 Å². The molecule has 5 nitrogen and oxygen atoms in total. The highest BCUT2D eigenvalue weighted by molar-refractivity contribution is 5.98. The standard InChI is InChI=1S/C25H21NO4/c1-15-7-6-12-22-20(15)13-23(24(27)28)26(22)25(29)30-14-21-18-10-4-2-8-16(18)17-9-3-5-11-19(17)21/h2-12,21,23H,13-14H2,1H3,(H,27,28). The van der Waals surface area contributed by atoms with Crippen molar-refractivity contribution < 1.29 is 19.4 Å². The van der Waals surface area contributed by atoms with Gasteiger partial charge in [0, 0.05) is 12.3 Å². The van der Waals surface area contributed by atoms with Gasteiger partial charge >= 0.3 is 12.1 Å². The predicted molar refractivity (Wildman–Crippen MR) is 114 cm³/mol. The maximum atomic E-state index is 13.1. The summed E-state index contributed by atoms with van der Waals surface area (Å²) in [7, 11) is 0. The Balaban J connectivity index is 1.43. The van der Waals surface area contributed by atoms with Gasteiger partial charge in [0.05, 0.1) is 5.69 Å². The van der Waals surface area contributed by atoms with Crippen molar-refractivity contribution in [2.24, 2.45) is 0 Å². The van der Waals surface area contributed by atoms with Gasteiger partial charge in [0.25, 0.3) is 0 Å². The highest BCUT2D eigenvalue weighted by atomic mass is 16.6. The summed E-state index contributed by atoms with van der Waals surface area (Å²) in [5.41, 5.74) is 7.04. The number of carbonyl (C=O) groups is 2. The maximum Gasteiger partial charge on any atom is 0.415 e. The molecule has 30 heavy (non-hydrogen) atoms. The van der Waals surface area contributed by atoms with Gasteiger partial charge in [0.15, 0.2) is 0 Å². The molecule has 0 saturated heterocycles. The summed E-state index contributed by atoms with van der Waals surface area (Å²) < 4.78 is 5.72. The largest absolute Gasteiger partial charge is 0.480 e. The normalized spacial score (nSPS) is 16.7. The van der Waals surface area contributed by atoms with Crippen LogP contribution >= 0.6 is 0 Å². The molecule has 0 saturated carbocycles. The van der Waals surface area contributed by atoms with Crippen LogP contribution in [0.2, 0.25) is 0 Å². The zero-order valence-electron chi connectivity index (χ0n) is 16.5. The molecule has 0 radical (unpaired) electrons. The molecule has 150 valence electrons. The second kappa shape index (κ2) is 7.02. The number of benzene rings is 3. The van der Waals surface area contributed by atoms with E-state index in [1.165, 1.54) is 4.90 Å². The molecule has 1 heterocycles. The number of anilines is 1. The molecule has 1 atom stereocenters. The molecular weight excluding hydrogens is 378 g/mol. The first-order valence-electron chi connectivity index (χ1n) is 10.0. The van der Waals surface area contributed by atoms with E-state index < -0.39 is 18.1 Å². The van der Waals surface area contributed by atoms with Gasteiger partial charge in [-0.15, -0.1) is 0 Å². The molecule has 0 spiro atoms. The lowest BCUT2D eigenvalue weighted by Crippen LogP contribution is -2.43. The number of carboxylic acids is 1. The number of carboxylic acid groups (broad SMARTS) is 1. The molecule has 1 N–H and O–H groups in total. The summed E-state index contributed by atoms with van der Waals surface area (Å²) in [5, 5.41) is 9.69. The molecule has 1 amide bonds. The molecule has 0 bridgehead atoms. The Morgan fingerprint density at radius 2 is 1.60 bits per heavy atom. The van der Waals surface area contributed by atoms with Gasteiger partial charge in [-0.05, 0) is 46.4 Å². The number of amides is 1. The van der Waals surface area contributed by atoms with E-state index in [1.807, 2.05) is 43.3 Å². The Morgan fingerprint density at radius 3 is 2.23 bits per heavy atom. The number of carbonyl (C=O) groups excluding carboxylic acids is 1. The molecule has 5 rings (SSSR count). The number of aliphatic carboxylic acids is 1. The average Bonchev–Trinajstić information content (AvgIpc) is 3.30. The Kier molecular flexibility index (Phi) is 4.31. The number of hydrogen-bond acceptors (Lipinski definition) is 3. The fraction of sp³-hybridized carbons (Fsp3) is 0.200. The zero-order chi connectivity index (χ0) is 20.8. The van der Waals surface area contributed by atoms with Crippen LogP contribution in [0.4, 0.5) is 10.5 Å². The Labute approximate surface area is 174 Å². The van der Waals surface area contributed by atoms with E-state index in [0.717, 1.165) is 33.4 Å². The third-order valence-corrected chi connectivity index (χ3v) is 6.17. The Bertz CT molecular complexity index is 1120. The van der Waals surface area contributed by atoms with Crippen LogP contribution in [0.15, 0.2) is 66.7 Å². The average molecular weight is 399 g/mol. The molecule has 1 unspecified atom stereocenters. The van der Waals surface area contributed by atoms with Gasteiger partial charge in [0.2, 0.25) is 0 Å². The van der Waals surface area contributed by atoms with Crippen molar-refractivity contribution in [3.05, 3.63) is 89.0 Å². The lowest BCUT2D eigenvalue weighted by molar-refractivity contribution is -0.138. The first kappa shape index (κ1) is 18.4. The lowest BCUT2D eigenvalue weighted by atomic mass is 9.98. The van der Waals surface area contributed by atoms with Crippen LogP contribution in [0.5, 0.6) is 0 Å². The monoisotopic (exact) mass is 399 g/mol. The summed E-state index contributed by atoms with van der Waals surface area (Å²) in [6.45, 7) is 2.09. The Hall–Kier alpha value is -3.60. The summed E-state index contributed by atoms with van der Waals surface area (Å²) in [6.07, 6.45) is -0.324. The van der Waals surface area contributed by atoms with E-state index in [9.17, 15) is 14.7 Å². The van der Waals surface area contributed by atoms with Crippen LogP contribution in [0.25, 0.3) is 11.1 Å². The van der Waals surface area contributed by atoms with Crippen LogP contribution in [0.3, 0.4) is 0 Å². The number of aryl methyl sites for hydroxylation is 1. The first-order chi connectivity index (χ1) is 14.6. The highest BCUT2D eigenvalue weighted by Gasteiger charge is 2.40. The van der Waals surface area contributed by atoms with Crippen molar-refractivity contribution in [2.75, 3.05) is 11.5 Å².